The van der Waals surface area contributed by atoms with Gasteiger partial charge in [0, 0.05) is 30.4 Å². The number of halogens is 1. The standard InChI is InChI=1S/C14H21FN2/c1-10-5-6-17(11(2)7-10)13-4-3-12(9-16)14(15)8-13/h3-4,8,10-11H,5-7,9,16H2,1-2H3. The van der Waals surface area contributed by atoms with Crippen LogP contribution in [0.2, 0.25) is 0 Å². The average molecular weight is 236 g/mol. The highest BCUT2D eigenvalue weighted by Gasteiger charge is 2.23. The average Bonchev–Trinajstić information content (AvgIpc) is 2.29. The molecule has 2 unspecified atom stereocenters. The Morgan fingerprint density at radius 1 is 1.41 bits per heavy atom. The number of anilines is 1. The second-order valence-electron chi connectivity index (χ2n) is 5.15. The van der Waals surface area contributed by atoms with Crippen molar-refractivity contribution in [2.75, 3.05) is 11.4 Å². The fraction of sp³-hybridized carbons (Fsp3) is 0.571. The Kier molecular flexibility index (Phi) is 3.67. The van der Waals surface area contributed by atoms with E-state index in [2.05, 4.69) is 18.7 Å². The summed E-state index contributed by atoms with van der Waals surface area (Å²) in [5.74, 6) is 0.588. The largest absolute Gasteiger partial charge is 0.369 e. The lowest BCUT2D eigenvalue weighted by atomic mass is 9.93. The molecule has 1 aromatic rings. The summed E-state index contributed by atoms with van der Waals surface area (Å²) in [6.45, 7) is 5.78. The molecule has 0 radical (unpaired) electrons. The van der Waals surface area contributed by atoms with Gasteiger partial charge in [0.25, 0.3) is 0 Å². The van der Waals surface area contributed by atoms with Crippen LogP contribution in [-0.2, 0) is 6.54 Å². The zero-order valence-corrected chi connectivity index (χ0v) is 10.6. The van der Waals surface area contributed by atoms with Crippen LogP contribution in [0.1, 0.15) is 32.3 Å². The van der Waals surface area contributed by atoms with Crippen LogP contribution in [0.4, 0.5) is 10.1 Å². The van der Waals surface area contributed by atoms with Gasteiger partial charge < -0.3 is 10.6 Å². The molecule has 1 saturated heterocycles. The number of hydrogen-bond donors (Lipinski definition) is 1. The number of benzene rings is 1. The van der Waals surface area contributed by atoms with Crippen molar-refractivity contribution in [3.63, 3.8) is 0 Å². The van der Waals surface area contributed by atoms with Crippen molar-refractivity contribution < 1.29 is 4.39 Å². The zero-order chi connectivity index (χ0) is 12.4. The van der Waals surface area contributed by atoms with Crippen LogP contribution in [0.15, 0.2) is 18.2 Å². The normalized spacial score (nSPS) is 25.1. The van der Waals surface area contributed by atoms with E-state index in [-0.39, 0.29) is 12.4 Å². The van der Waals surface area contributed by atoms with Crippen LogP contribution in [0, 0.1) is 11.7 Å². The summed E-state index contributed by atoms with van der Waals surface area (Å²) >= 11 is 0. The predicted molar refractivity (Wildman–Crippen MR) is 69.5 cm³/mol. The summed E-state index contributed by atoms with van der Waals surface area (Å²) in [6.07, 6.45) is 2.37. The van der Waals surface area contributed by atoms with Gasteiger partial charge in [-0.05, 0) is 37.8 Å². The molecular formula is C14H21FN2. The van der Waals surface area contributed by atoms with Crippen molar-refractivity contribution in [2.45, 2.75) is 39.3 Å². The van der Waals surface area contributed by atoms with E-state index in [0.29, 0.717) is 11.6 Å². The molecule has 2 rings (SSSR count). The van der Waals surface area contributed by atoms with Crippen LogP contribution in [0.3, 0.4) is 0 Å². The molecule has 0 spiro atoms. The van der Waals surface area contributed by atoms with Gasteiger partial charge in [-0.3, -0.25) is 0 Å². The first-order chi connectivity index (χ1) is 8.11. The van der Waals surface area contributed by atoms with Crippen LogP contribution < -0.4 is 10.6 Å². The van der Waals surface area contributed by atoms with Gasteiger partial charge in [0.1, 0.15) is 5.82 Å². The quantitative estimate of drug-likeness (QED) is 0.855. The highest BCUT2D eigenvalue weighted by atomic mass is 19.1. The Hall–Kier alpha value is -1.09. The minimum absolute atomic E-state index is 0.184. The summed E-state index contributed by atoms with van der Waals surface area (Å²) in [6, 6.07) is 5.89. The van der Waals surface area contributed by atoms with Gasteiger partial charge in [0.2, 0.25) is 0 Å². The molecule has 1 aromatic carbocycles. The molecule has 1 aliphatic heterocycles. The van der Waals surface area contributed by atoms with Crippen LogP contribution in [0.5, 0.6) is 0 Å². The van der Waals surface area contributed by atoms with E-state index in [1.807, 2.05) is 6.07 Å². The molecule has 17 heavy (non-hydrogen) atoms. The van der Waals surface area contributed by atoms with Gasteiger partial charge in [-0.25, -0.2) is 4.39 Å². The zero-order valence-electron chi connectivity index (χ0n) is 10.6. The summed E-state index contributed by atoms with van der Waals surface area (Å²) < 4.78 is 13.7. The van der Waals surface area contributed by atoms with Gasteiger partial charge in [-0.1, -0.05) is 13.0 Å². The molecule has 0 bridgehead atoms. The maximum absolute atomic E-state index is 13.7. The first-order valence-electron chi connectivity index (χ1n) is 6.37. The van der Waals surface area contributed by atoms with E-state index in [9.17, 15) is 4.39 Å². The van der Waals surface area contributed by atoms with E-state index in [4.69, 9.17) is 5.73 Å². The molecule has 0 saturated carbocycles. The molecule has 0 amide bonds. The minimum Gasteiger partial charge on any atom is -0.369 e. The van der Waals surface area contributed by atoms with Crippen molar-refractivity contribution in [1.82, 2.24) is 0 Å². The van der Waals surface area contributed by atoms with E-state index < -0.39 is 0 Å². The Morgan fingerprint density at radius 2 is 2.18 bits per heavy atom. The van der Waals surface area contributed by atoms with Crippen molar-refractivity contribution >= 4 is 5.69 Å². The number of nitrogens with two attached hydrogens (primary N) is 1. The molecule has 0 aliphatic carbocycles. The van der Waals surface area contributed by atoms with Gasteiger partial charge in [-0.2, -0.15) is 0 Å². The third kappa shape index (κ3) is 2.60. The molecule has 0 aromatic heterocycles. The maximum Gasteiger partial charge on any atom is 0.129 e. The lowest BCUT2D eigenvalue weighted by molar-refractivity contribution is 0.377. The molecule has 2 N–H and O–H groups in total. The van der Waals surface area contributed by atoms with E-state index >= 15 is 0 Å². The molecule has 1 heterocycles. The molecular weight excluding hydrogens is 215 g/mol. The lowest BCUT2D eigenvalue weighted by Crippen LogP contribution is -2.40. The SMILES string of the molecule is CC1CCN(c2ccc(CN)c(F)c2)C(C)C1. The van der Waals surface area contributed by atoms with Crippen molar-refractivity contribution in [3.8, 4) is 0 Å². The molecule has 3 heteroatoms. The smallest absolute Gasteiger partial charge is 0.129 e. The van der Waals surface area contributed by atoms with E-state index in [1.165, 1.54) is 12.8 Å². The van der Waals surface area contributed by atoms with Crippen LogP contribution in [-0.4, -0.2) is 12.6 Å². The molecule has 1 aliphatic rings. The van der Waals surface area contributed by atoms with Gasteiger partial charge in [0.15, 0.2) is 0 Å². The second kappa shape index (κ2) is 5.05. The molecule has 2 nitrogen and oxygen atoms in total. The summed E-state index contributed by atoms with van der Waals surface area (Å²) in [5.41, 5.74) is 7.05. The van der Waals surface area contributed by atoms with Gasteiger partial charge >= 0.3 is 0 Å². The highest BCUT2D eigenvalue weighted by Crippen LogP contribution is 2.28. The molecule has 1 fully saturated rings. The fourth-order valence-corrected chi connectivity index (χ4v) is 2.67. The summed E-state index contributed by atoms with van der Waals surface area (Å²) in [5, 5.41) is 0. The summed E-state index contributed by atoms with van der Waals surface area (Å²) in [4.78, 5) is 2.30. The fourth-order valence-electron chi connectivity index (χ4n) is 2.67. The van der Waals surface area contributed by atoms with Gasteiger partial charge in [-0.15, -0.1) is 0 Å². The Bertz CT molecular complexity index is 392. The first-order valence-corrected chi connectivity index (χ1v) is 6.37. The van der Waals surface area contributed by atoms with Crippen molar-refractivity contribution in [2.24, 2.45) is 11.7 Å². The maximum atomic E-state index is 13.7. The lowest BCUT2D eigenvalue weighted by Gasteiger charge is -2.38. The predicted octanol–water partition coefficient (Wildman–Crippen LogP) is 2.91. The minimum atomic E-state index is -0.184. The Morgan fingerprint density at radius 3 is 2.76 bits per heavy atom. The Balaban J connectivity index is 2.19. The van der Waals surface area contributed by atoms with E-state index in [0.717, 1.165) is 18.2 Å². The van der Waals surface area contributed by atoms with E-state index in [1.54, 1.807) is 12.1 Å². The van der Waals surface area contributed by atoms with Crippen LogP contribution in [0.25, 0.3) is 0 Å². The number of nitrogens with zero attached hydrogens (tertiary/aromatic N) is 1. The first kappa shape index (κ1) is 12.4. The number of piperidine rings is 1. The number of hydrogen-bond acceptors (Lipinski definition) is 2. The summed E-state index contributed by atoms with van der Waals surface area (Å²) in [7, 11) is 0. The monoisotopic (exact) mass is 236 g/mol. The van der Waals surface area contributed by atoms with Crippen molar-refractivity contribution in [3.05, 3.63) is 29.6 Å². The van der Waals surface area contributed by atoms with Crippen molar-refractivity contribution in [1.29, 1.82) is 0 Å². The second-order valence-corrected chi connectivity index (χ2v) is 5.15. The third-order valence-corrected chi connectivity index (χ3v) is 3.73. The molecule has 94 valence electrons. The highest BCUT2D eigenvalue weighted by molar-refractivity contribution is 5.49. The third-order valence-electron chi connectivity index (χ3n) is 3.73. The van der Waals surface area contributed by atoms with Gasteiger partial charge in [0.05, 0.1) is 0 Å². The Labute approximate surface area is 103 Å². The number of rotatable bonds is 2. The topological polar surface area (TPSA) is 29.3 Å². The van der Waals surface area contributed by atoms with Crippen LogP contribution >= 0.6 is 0 Å². The molecule has 2 atom stereocenters.